The highest BCUT2D eigenvalue weighted by atomic mass is 35.5. The molecule has 0 spiro atoms. The second-order valence-corrected chi connectivity index (χ2v) is 6.17. The molecule has 0 saturated heterocycles. The Kier molecular flexibility index (Phi) is 7.00. The maximum absolute atomic E-state index is 12.1. The lowest BCUT2D eigenvalue weighted by atomic mass is 10.2. The van der Waals surface area contributed by atoms with Gasteiger partial charge in [0.1, 0.15) is 11.8 Å². The van der Waals surface area contributed by atoms with Crippen LogP contribution in [0.5, 0.6) is 5.75 Å². The van der Waals surface area contributed by atoms with Crippen LogP contribution in [0.4, 0.5) is 0 Å². The van der Waals surface area contributed by atoms with Crippen LogP contribution in [-0.2, 0) is 4.79 Å². The zero-order valence-corrected chi connectivity index (χ0v) is 15.6. The second-order valence-electron chi connectivity index (χ2n) is 5.32. The molecule has 0 aromatic heterocycles. The summed E-state index contributed by atoms with van der Waals surface area (Å²) in [6, 6.07) is 10.7. The van der Waals surface area contributed by atoms with E-state index in [4.69, 9.17) is 27.9 Å². The molecule has 26 heavy (non-hydrogen) atoms. The number of carbonyl (C=O) groups is 2. The summed E-state index contributed by atoms with van der Waals surface area (Å²) in [6.07, 6.45) is 1.40. The number of hydrazone groups is 1. The molecule has 0 bridgehead atoms. The average Bonchev–Trinajstić information content (AvgIpc) is 2.63. The molecule has 6 nitrogen and oxygen atoms in total. The van der Waals surface area contributed by atoms with Crippen LogP contribution in [0.2, 0.25) is 10.0 Å². The van der Waals surface area contributed by atoms with Crippen molar-refractivity contribution in [3.63, 3.8) is 0 Å². The highest BCUT2D eigenvalue weighted by molar-refractivity contribution is 6.36. The molecule has 2 aromatic rings. The molecule has 1 unspecified atom stereocenters. The lowest BCUT2D eigenvalue weighted by molar-refractivity contribution is -0.122. The first-order valence-corrected chi connectivity index (χ1v) is 8.39. The Hall–Kier alpha value is -2.57. The molecule has 0 fully saturated rings. The van der Waals surface area contributed by atoms with Crippen LogP contribution in [0.15, 0.2) is 47.6 Å². The van der Waals surface area contributed by atoms with Crippen LogP contribution in [0, 0.1) is 0 Å². The number of hydrogen-bond acceptors (Lipinski definition) is 4. The third-order valence-electron chi connectivity index (χ3n) is 3.43. The van der Waals surface area contributed by atoms with Gasteiger partial charge in [0, 0.05) is 16.1 Å². The Balaban J connectivity index is 1.90. The minimum Gasteiger partial charge on any atom is -0.497 e. The monoisotopic (exact) mass is 393 g/mol. The number of nitrogens with zero attached hydrogens (tertiary/aromatic N) is 1. The molecule has 2 amide bonds. The highest BCUT2D eigenvalue weighted by Crippen LogP contribution is 2.19. The number of benzene rings is 2. The predicted octanol–water partition coefficient (Wildman–Crippen LogP) is 3.27. The van der Waals surface area contributed by atoms with Crippen LogP contribution in [-0.4, -0.2) is 31.2 Å². The van der Waals surface area contributed by atoms with Crippen LogP contribution in [0.25, 0.3) is 0 Å². The third kappa shape index (κ3) is 5.47. The number of rotatable bonds is 6. The quantitative estimate of drug-likeness (QED) is 0.583. The summed E-state index contributed by atoms with van der Waals surface area (Å²) in [5.41, 5.74) is 3.37. The molecule has 1 atom stereocenters. The largest absolute Gasteiger partial charge is 0.497 e. The maximum Gasteiger partial charge on any atom is 0.262 e. The summed E-state index contributed by atoms with van der Waals surface area (Å²) in [6.45, 7) is 1.56. The molecule has 8 heteroatoms. The van der Waals surface area contributed by atoms with Gasteiger partial charge in [-0.2, -0.15) is 5.10 Å². The minimum atomic E-state index is -0.776. The van der Waals surface area contributed by atoms with Crippen molar-refractivity contribution in [2.45, 2.75) is 13.0 Å². The van der Waals surface area contributed by atoms with Gasteiger partial charge in [-0.3, -0.25) is 9.59 Å². The molecule has 0 radical (unpaired) electrons. The fourth-order valence-corrected chi connectivity index (χ4v) is 2.41. The fourth-order valence-electron chi connectivity index (χ4n) is 1.96. The Bertz CT molecular complexity index is 823. The summed E-state index contributed by atoms with van der Waals surface area (Å²) in [4.78, 5) is 24.2. The van der Waals surface area contributed by atoms with E-state index in [-0.39, 0.29) is 5.91 Å². The third-order valence-corrected chi connectivity index (χ3v) is 4.00. The Morgan fingerprint density at radius 2 is 1.85 bits per heavy atom. The van der Waals surface area contributed by atoms with E-state index in [1.165, 1.54) is 6.21 Å². The van der Waals surface area contributed by atoms with Gasteiger partial charge in [-0.15, -0.1) is 0 Å². The molecule has 2 rings (SSSR count). The fraction of sp³-hybridized carbons (Fsp3) is 0.167. The number of methoxy groups -OCH3 is 1. The van der Waals surface area contributed by atoms with Crippen molar-refractivity contribution < 1.29 is 14.3 Å². The lowest BCUT2D eigenvalue weighted by Gasteiger charge is -2.12. The predicted molar refractivity (Wildman–Crippen MR) is 102 cm³/mol. The van der Waals surface area contributed by atoms with E-state index in [9.17, 15) is 9.59 Å². The summed E-state index contributed by atoms with van der Waals surface area (Å²) < 4.78 is 5.04. The summed E-state index contributed by atoms with van der Waals surface area (Å²) in [7, 11) is 1.54. The highest BCUT2D eigenvalue weighted by Gasteiger charge is 2.16. The molecule has 136 valence electrons. The van der Waals surface area contributed by atoms with Gasteiger partial charge in [0.25, 0.3) is 11.8 Å². The zero-order valence-electron chi connectivity index (χ0n) is 14.1. The molecular weight excluding hydrogens is 377 g/mol. The van der Waals surface area contributed by atoms with Crippen LogP contribution < -0.4 is 15.5 Å². The summed E-state index contributed by atoms with van der Waals surface area (Å²) in [5, 5.41) is 7.35. The van der Waals surface area contributed by atoms with Crippen molar-refractivity contribution in [3.8, 4) is 5.75 Å². The van der Waals surface area contributed by atoms with Gasteiger partial charge in [0.15, 0.2) is 0 Å². The molecule has 0 saturated carbocycles. The van der Waals surface area contributed by atoms with Gasteiger partial charge in [0.2, 0.25) is 0 Å². The van der Waals surface area contributed by atoms with E-state index in [0.29, 0.717) is 26.9 Å². The van der Waals surface area contributed by atoms with Crippen molar-refractivity contribution in [2.75, 3.05) is 7.11 Å². The normalized spacial score (nSPS) is 11.8. The molecule has 2 N–H and O–H groups in total. The van der Waals surface area contributed by atoms with Gasteiger partial charge >= 0.3 is 0 Å². The first kappa shape index (κ1) is 19.8. The first-order chi connectivity index (χ1) is 12.4. The molecule has 0 aliphatic carbocycles. The SMILES string of the molecule is COc1ccc(C(=O)NC(C)C(=O)NN=Cc2ccc(Cl)cc2Cl)cc1. The zero-order chi connectivity index (χ0) is 19.1. The van der Waals surface area contributed by atoms with Gasteiger partial charge in [-0.25, -0.2) is 5.43 Å². The van der Waals surface area contributed by atoms with Gasteiger partial charge in [0.05, 0.1) is 18.3 Å². The lowest BCUT2D eigenvalue weighted by Crippen LogP contribution is -2.43. The average molecular weight is 394 g/mol. The van der Waals surface area contributed by atoms with Crippen molar-refractivity contribution >= 4 is 41.2 Å². The van der Waals surface area contributed by atoms with Gasteiger partial charge in [-0.05, 0) is 43.3 Å². The molecule has 0 aliphatic heterocycles. The van der Waals surface area contributed by atoms with E-state index < -0.39 is 11.9 Å². The van der Waals surface area contributed by atoms with Gasteiger partial charge in [-0.1, -0.05) is 29.3 Å². The van der Waals surface area contributed by atoms with Crippen molar-refractivity contribution in [1.82, 2.24) is 10.7 Å². The van der Waals surface area contributed by atoms with Crippen LogP contribution in [0.1, 0.15) is 22.8 Å². The van der Waals surface area contributed by atoms with Crippen LogP contribution >= 0.6 is 23.2 Å². The summed E-state index contributed by atoms with van der Waals surface area (Å²) in [5.74, 6) is -0.198. The van der Waals surface area contributed by atoms with Crippen molar-refractivity contribution in [2.24, 2.45) is 5.10 Å². The number of hydrogen-bond donors (Lipinski definition) is 2. The Labute approximate surface area is 161 Å². The van der Waals surface area contributed by atoms with E-state index in [1.54, 1.807) is 56.5 Å². The number of halogens is 2. The number of nitrogens with one attached hydrogen (secondary N) is 2. The smallest absolute Gasteiger partial charge is 0.262 e. The van der Waals surface area contributed by atoms with E-state index in [2.05, 4.69) is 15.8 Å². The maximum atomic E-state index is 12.1. The molecule has 2 aromatic carbocycles. The molecular formula is C18H17Cl2N3O3. The minimum absolute atomic E-state index is 0.375. The summed E-state index contributed by atoms with van der Waals surface area (Å²) >= 11 is 11.8. The van der Waals surface area contributed by atoms with Gasteiger partial charge < -0.3 is 10.1 Å². The van der Waals surface area contributed by atoms with E-state index in [0.717, 1.165) is 0 Å². The van der Waals surface area contributed by atoms with E-state index in [1.807, 2.05) is 0 Å². The van der Waals surface area contributed by atoms with Crippen molar-refractivity contribution in [3.05, 3.63) is 63.6 Å². The van der Waals surface area contributed by atoms with Crippen molar-refractivity contribution in [1.29, 1.82) is 0 Å². The molecule has 0 heterocycles. The molecule has 0 aliphatic rings. The topological polar surface area (TPSA) is 79.8 Å². The van der Waals surface area contributed by atoms with Crippen LogP contribution in [0.3, 0.4) is 0 Å². The first-order valence-electron chi connectivity index (χ1n) is 7.63. The Morgan fingerprint density at radius 3 is 2.46 bits per heavy atom. The Morgan fingerprint density at radius 1 is 1.15 bits per heavy atom. The second kappa shape index (κ2) is 9.22. The van der Waals surface area contributed by atoms with E-state index >= 15 is 0 Å². The number of carbonyl (C=O) groups excluding carboxylic acids is 2. The number of ether oxygens (including phenoxy) is 1. The standard InChI is InChI=1S/C18H17Cl2N3O3/c1-11(22-18(25)12-4-7-15(26-2)8-5-12)17(24)23-21-10-13-3-6-14(19)9-16(13)20/h3-11H,1-2H3,(H,22,25)(H,23,24). The number of amides is 2.